The van der Waals surface area contributed by atoms with Crippen LogP contribution in [0.3, 0.4) is 0 Å². The Hall–Kier alpha value is -2.08. The molecule has 0 aliphatic heterocycles. The second-order valence-electron chi connectivity index (χ2n) is 4.50. The first-order valence-electron chi connectivity index (χ1n) is 6.43. The standard InChI is InChI=1S/C16H14BrFO4/c1-10-6-7-15(13(18)8-10)21-9-11-12(17)4-3-5-14(11)22-16(19)20-2/h3-8H,9H2,1-2H3. The maximum Gasteiger partial charge on any atom is 0.513 e. The topological polar surface area (TPSA) is 44.8 Å². The third kappa shape index (κ3) is 3.98. The lowest BCUT2D eigenvalue weighted by Gasteiger charge is -2.13. The minimum atomic E-state index is -0.833. The number of hydrogen-bond acceptors (Lipinski definition) is 4. The molecule has 22 heavy (non-hydrogen) atoms. The fraction of sp³-hybridized carbons (Fsp3) is 0.188. The van der Waals surface area contributed by atoms with Crippen LogP contribution in [0.2, 0.25) is 0 Å². The van der Waals surface area contributed by atoms with E-state index in [0.29, 0.717) is 10.0 Å². The van der Waals surface area contributed by atoms with E-state index in [1.54, 1.807) is 37.3 Å². The van der Waals surface area contributed by atoms with Gasteiger partial charge in [-0.25, -0.2) is 9.18 Å². The highest BCUT2D eigenvalue weighted by molar-refractivity contribution is 9.10. The maximum absolute atomic E-state index is 13.8. The van der Waals surface area contributed by atoms with Gasteiger partial charge in [0.15, 0.2) is 11.6 Å². The van der Waals surface area contributed by atoms with Crippen molar-refractivity contribution in [3.05, 3.63) is 57.8 Å². The molecule has 0 fully saturated rings. The first-order chi connectivity index (χ1) is 10.5. The quantitative estimate of drug-likeness (QED) is 0.583. The molecule has 0 bridgehead atoms. The number of methoxy groups -OCH3 is 1. The average molecular weight is 369 g/mol. The summed E-state index contributed by atoms with van der Waals surface area (Å²) in [5.41, 5.74) is 1.38. The van der Waals surface area contributed by atoms with Crippen LogP contribution in [-0.4, -0.2) is 13.3 Å². The molecule has 2 aromatic rings. The fourth-order valence-corrected chi connectivity index (χ4v) is 2.24. The van der Waals surface area contributed by atoms with Crippen LogP contribution in [0.1, 0.15) is 11.1 Å². The van der Waals surface area contributed by atoms with Crippen LogP contribution in [0.25, 0.3) is 0 Å². The summed E-state index contributed by atoms with van der Waals surface area (Å²) in [5.74, 6) is -0.0263. The van der Waals surface area contributed by atoms with Gasteiger partial charge in [0.2, 0.25) is 0 Å². The summed E-state index contributed by atoms with van der Waals surface area (Å²) in [4.78, 5) is 11.3. The predicted octanol–water partition coefficient (Wildman–Crippen LogP) is 4.62. The van der Waals surface area contributed by atoms with Gasteiger partial charge < -0.3 is 14.2 Å². The molecule has 0 aliphatic rings. The molecule has 0 atom stereocenters. The van der Waals surface area contributed by atoms with Gasteiger partial charge in [0, 0.05) is 10.0 Å². The molecule has 0 N–H and O–H groups in total. The Morgan fingerprint density at radius 3 is 2.68 bits per heavy atom. The van der Waals surface area contributed by atoms with Gasteiger partial charge in [-0.05, 0) is 36.8 Å². The molecule has 2 aromatic carbocycles. The summed E-state index contributed by atoms with van der Waals surface area (Å²) in [7, 11) is 1.22. The highest BCUT2D eigenvalue weighted by Gasteiger charge is 2.14. The van der Waals surface area contributed by atoms with Gasteiger partial charge in [-0.3, -0.25) is 0 Å². The first-order valence-corrected chi connectivity index (χ1v) is 7.22. The largest absolute Gasteiger partial charge is 0.513 e. The average Bonchev–Trinajstić information content (AvgIpc) is 2.48. The van der Waals surface area contributed by atoms with Crippen LogP contribution in [0.5, 0.6) is 11.5 Å². The third-order valence-electron chi connectivity index (χ3n) is 2.90. The molecular formula is C16H14BrFO4. The normalized spacial score (nSPS) is 10.2. The number of ether oxygens (including phenoxy) is 3. The van der Waals surface area contributed by atoms with Crippen molar-refractivity contribution < 1.29 is 23.4 Å². The van der Waals surface area contributed by atoms with E-state index < -0.39 is 12.0 Å². The summed E-state index contributed by atoms with van der Waals surface area (Å²) in [6, 6.07) is 9.78. The highest BCUT2D eigenvalue weighted by Crippen LogP contribution is 2.29. The van der Waals surface area contributed by atoms with E-state index in [-0.39, 0.29) is 18.1 Å². The number of halogens is 2. The van der Waals surface area contributed by atoms with Crippen molar-refractivity contribution in [2.75, 3.05) is 7.11 Å². The summed E-state index contributed by atoms with van der Waals surface area (Å²) in [6.45, 7) is 1.83. The SMILES string of the molecule is COC(=O)Oc1cccc(Br)c1COc1ccc(C)cc1F. The molecule has 0 aromatic heterocycles. The molecule has 116 valence electrons. The number of carbonyl (C=O) groups excluding carboxylic acids is 1. The number of rotatable bonds is 4. The van der Waals surface area contributed by atoms with Gasteiger partial charge in [0.05, 0.1) is 7.11 Å². The van der Waals surface area contributed by atoms with Crippen molar-refractivity contribution in [2.45, 2.75) is 13.5 Å². The smallest absolute Gasteiger partial charge is 0.486 e. The lowest BCUT2D eigenvalue weighted by Crippen LogP contribution is -2.10. The van der Waals surface area contributed by atoms with Gasteiger partial charge in [-0.2, -0.15) is 0 Å². The second kappa shape index (κ2) is 7.26. The molecule has 6 heteroatoms. The zero-order chi connectivity index (χ0) is 16.1. The highest BCUT2D eigenvalue weighted by atomic mass is 79.9. The molecule has 0 aliphatic carbocycles. The van der Waals surface area contributed by atoms with Crippen LogP contribution in [0.4, 0.5) is 9.18 Å². The molecule has 0 amide bonds. The molecule has 0 saturated heterocycles. The molecule has 0 saturated carbocycles. The van der Waals surface area contributed by atoms with Crippen molar-refractivity contribution in [3.8, 4) is 11.5 Å². The van der Waals surface area contributed by atoms with Crippen LogP contribution in [0, 0.1) is 12.7 Å². The molecule has 0 heterocycles. The summed E-state index contributed by atoms with van der Waals surface area (Å²) < 4.78 is 29.5. The Morgan fingerprint density at radius 2 is 2.00 bits per heavy atom. The summed E-state index contributed by atoms with van der Waals surface area (Å²) >= 11 is 3.36. The maximum atomic E-state index is 13.8. The van der Waals surface area contributed by atoms with Crippen LogP contribution >= 0.6 is 15.9 Å². The van der Waals surface area contributed by atoms with Crippen molar-refractivity contribution in [1.82, 2.24) is 0 Å². The predicted molar refractivity (Wildman–Crippen MR) is 82.6 cm³/mol. The van der Waals surface area contributed by atoms with Crippen LogP contribution < -0.4 is 9.47 Å². The minimum absolute atomic E-state index is 0.0354. The minimum Gasteiger partial charge on any atom is -0.486 e. The lowest BCUT2D eigenvalue weighted by atomic mass is 10.2. The van der Waals surface area contributed by atoms with E-state index >= 15 is 0 Å². The number of benzene rings is 2. The Kier molecular flexibility index (Phi) is 5.38. The van der Waals surface area contributed by atoms with Crippen molar-refractivity contribution in [2.24, 2.45) is 0 Å². The van der Waals surface area contributed by atoms with E-state index in [9.17, 15) is 9.18 Å². The van der Waals surface area contributed by atoms with Crippen molar-refractivity contribution in [3.63, 3.8) is 0 Å². The Bertz CT molecular complexity index is 688. The van der Waals surface area contributed by atoms with E-state index in [2.05, 4.69) is 20.7 Å². The molecule has 4 nitrogen and oxygen atoms in total. The number of hydrogen-bond donors (Lipinski definition) is 0. The second-order valence-corrected chi connectivity index (χ2v) is 5.35. The molecule has 0 unspecified atom stereocenters. The fourth-order valence-electron chi connectivity index (χ4n) is 1.78. The summed E-state index contributed by atoms with van der Waals surface area (Å²) in [6.07, 6.45) is -0.833. The molecule has 2 rings (SSSR count). The van der Waals surface area contributed by atoms with Gasteiger partial charge in [-0.1, -0.05) is 28.1 Å². The Labute approximate surface area is 135 Å². The van der Waals surface area contributed by atoms with E-state index in [4.69, 9.17) is 9.47 Å². The first kappa shape index (κ1) is 16.3. The Balaban J connectivity index is 2.19. The zero-order valence-corrected chi connectivity index (χ0v) is 13.6. The zero-order valence-electron chi connectivity index (χ0n) is 12.1. The van der Waals surface area contributed by atoms with Crippen molar-refractivity contribution in [1.29, 1.82) is 0 Å². The lowest BCUT2D eigenvalue weighted by molar-refractivity contribution is 0.120. The van der Waals surface area contributed by atoms with Gasteiger partial charge >= 0.3 is 6.16 Å². The van der Waals surface area contributed by atoms with Crippen LogP contribution in [-0.2, 0) is 11.3 Å². The number of aryl methyl sites for hydroxylation is 1. The number of carbonyl (C=O) groups is 1. The summed E-state index contributed by atoms with van der Waals surface area (Å²) in [5, 5.41) is 0. The molecule has 0 spiro atoms. The third-order valence-corrected chi connectivity index (χ3v) is 3.64. The molecule has 0 radical (unpaired) electrons. The Morgan fingerprint density at radius 1 is 1.23 bits per heavy atom. The van der Waals surface area contributed by atoms with Crippen LogP contribution in [0.15, 0.2) is 40.9 Å². The van der Waals surface area contributed by atoms with Crippen molar-refractivity contribution >= 4 is 22.1 Å². The van der Waals surface area contributed by atoms with E-state index in [1.807, 2.05) is 0 Å². The van der Waals surface area contributed by atoms with Gasteiger partial charge in [0.25, 0.3) is 0 Å². The monoisotopic (exact) mass is 368 g/mol. The van der Waals surface area contributed by atoms with Gasteiger partial charge in [-0.15, -0.1) is 0 Å². The van der Waals surface area contributed by atoms with E-state index in [1.165, 1.54) is 13.2 Å². The molecular weight excluding hydrogens is 355 g/mol. The van der Waals surface area contributed by atoms with E-state index in [0.717, 1.165) is 5.56 Å². The van der Waals surface area contributed by atoms with Gasteiger partial charge in [0.1, 0.15) is 12.4 Å².